The number of benzene rings is 3. The molecule has 2 N–H and O–H groups in total. The average Bonchev–Trinajstić information content (AvgIpc) is 3.17. The van der Waals surface area contributed by atoms with Crippen LogP contribution in [0.15, 0.2) is 71.1 Å². The molecule has 0 spiro atoms. The van der Waals surface area contributed by atoms with Gasteiger partial charge in [0.15, 0.2) is 12.2 Å². The lowest BCUT2D eigenvalue weighted by Crippen LogP contribution is -2.13. The van der Waals surface area contributed by atoms with E-state index in [-0.39, 0.29) is 17.5 Å². The Morgan fingerprint density at radius 3 is 2.67 bits per heavy atom. The van der Waals surface area contributed by atoms with Gasteiger partial charge in [-0.15, -0.1) is 0 Å². The highest BCUT2D eigenvalue weighted by Gasteiger charge is 2.16. The van der Waals surface area contributed by atoms with Gasteiger partial charge in [-0.2, -0.15) is 0 Å². The zero-order valence-electron chi connectivity index (χ0n) is 16.1. The number of hydrogen-bond donors (Lipinski definition) is 2. The first kappa shape index (κ1) is 19.2. The highest BCUT2D eigenvalue weighted by atomic mass is 16.5. The number of carboxylic acids is 1. The largest absolute Gasteiger partial charge is 0.481 e. The van der Waals surface area contributed by atoms with Gasteiger partial charge < -0.3 is 19.6 Å². The van der Waals surface area contributed by atoms with Crippen molar-refractivity contribution in [2.24, 2.45) is 0 Å². The van der Waals surface area contributed by atoms with Gasteiger partial charge in [-0.3, -0.25) is 4.79 Å². The second-order valence-corrected chi connectivity index (χ2v) is 6.70. The molecule has 0 fully saturated rings. The van der Waals surface area contributed by atoms with Crippen molar-refractivity contribution in [1.29, 1.82) is 0 Å². The average molecular weight is 402 g/mol. The molecule has 0 atom stereocenters. The van der Waals surface area contributed by atoms with Gasteiger partial charge in [0.25, 0.3) is 5.91 Å². The van der Waals surface area contributed by atoms with Crippen LogP contribution < -0.4 is 10.1 Å². The Kier molecular flexibility index (Phi) is 5.17. The first-order valence-electron chi connectivity index (χ1n) is 9.22. The number of amides is 1. The van der Waals surface area contributed by atoms with Gasteiger partial charge in [0.1, 0.15) is 11.3 Å². The highest BCUT2D eigenvalue weighted by Crippen LogP contribution is 2.34. The molecule has 0 saturated heterocycles. The maximum absolute atomic E-state index is 12.6. The Labute approximate surface area is 171 Å². The van der Waals surface area contributed by atoms with Gasteiger partial charge in [0, 0.05) is 11.3 Å². The number of aryl methyl sites for hydroxylation is 1. The minimum absolute atomic E-state index is 0.263. The summed E-state index contributed by atoms with van der Waals surface area (Å²) in [5, 5.41) is 11.8. The summed E-state index contributed by atoms with van der Waals surface area (Å²) in [5.74, 6) is -0.808. The van der Waals surface area contributed by atoms with Crippen molar-refractivity contribution >= 4 is 28.7 Å². The molecule has 150 valence electrons. The lowest BCUT2D eigenvalue weighted by Gasteiger charge is -2.11. The van der Waals surface area contributed by atoms with Crippen molar-refractivity contribution in [2.45, 2.75) is 6.92 Å². The summed E-state index contributed by atoms with van der Waals surface area (Å²) in [5.41, 5.74) is 3.70. The normalized spacial score (nSPS) is 10.7. The number of carbonyl (C=O) groups excluding carboxylic acids is 1. The van der Waals surface area contributed by atoms with Crippen LogP contribution in [0.3, 0.4) is 0 Å². The van der Waals surface area contributed by atoms with Crippen LogP contribution in [0, 0.1) is 6.92 Å². The fourth-order valence-electron chi connectivity index (χ4n) is 3.02. The molecule has 0 aliphatic heterocycles. The van der Waals surface area contributed by atoms with Crippen LogP contribution in [0.4, 0.5) is 5.69 Å². The molecule has 7 heteroatoms. The summed E-state index contributed by atoms with van der Waals surface area (Å²) < 4.78 is 11.2. The van der Waals surface area contributed by atoms with Crippen molar-refractivity contribution < 1.29 is 23.8 Å². The Balaban J connectivity index is 1.70. The zero-order valence-corrected chi connectivity index (χ0v) is 16.1. The first-order chi connectivity index (χ1) is 14.5. The second-order valence-electron chi connectivity index (χ2n) is 6.70. The molecule has 4 rings (SSSR count). The lowest BCUT2D eigenvalue weighted by atomic mass is 10.1. The number of anilines is 1. The molecule has 1 amide bonds. The number of ether oxygens (including phenoxy) is 1. The zero-order chi connectivity index (χ0) is 21.1. The van der Waals surface area contributed by atoms with E-state index in [1.807, 2.05) is 37.3 Å². The molecule has 0 unspecified atom stereocenters. The number of fused-ring (bicyclic) bond motifs is 1. The van der Waals surface area contributed by atoms with E-state index in [2.05, 4.69) is 10.3 Å². The van der Waals surface area contributed by atoms with E-state index >= 15 is 0 Å². The van der Waals surface area contributed by atoms with Crippen molar-refractivity contribution in [1.82, 2.24) is 4.98 Å². The monoisotopic (exact) mass is 402 g/mol. The smallest absolute Gasteiger partial charge is 0.341 e. The van der Waals surface area contributed by atoms with Gasteiger partial charge in [-0.25, -0.2) is 9.78 Å². The number of aliphatic carboxylic acids is 1. The SMILES string of the molecule is Cc1cccc(C(=O)Nc2ccc(OCC(=O)O)c(-c3nc4ccccc4o3)c2)c1. The molecule has 1 heterocycles. The fraction of sp³-hybridized carbons (Fsp3) is 0.0870. The van der Waals surface area contributed by atoms with E-state index in [1.54, 1.807) is 36.4 Å². The predicted molar refractivity (Wildman–Crippen MR) is 112 cm³/mol. The molecule has 0 aliphatic rings. The van der Waals surface area contributed by atoms with Gasteiger partial charge in [0.2, 0.25) is 5.89 Å². The van der Waals surface area contributed by atoms with Gasteiger partial charge in [-0.05, 0) is 49.4 Å². The van der Waals surface area contributed by atoms with Gasteiger partial charge >= 0.3 is 5.97 Å². The third-order valence-corrected chi connectivity index (χ3v) is 4.39. The molecule has 0 radical (unpaired) electrons. The number of para-hydroxylation sites is 2. The number of oxazole rings is 1. The third kappa shape index (κ3) is 4.15. The van der Waals surface area contributed by atoms with E-state index in [0.29, 0.717) is 27.9 Å². The number of aromatic nitrogens is 1. The molecule has 0 aliphatic carbocycles. The predicted octanol–water partition coefficient (Wildman–Crippen LogP) is 4.52. The van der Waals surface area contributed by atoms with E-state index in [0.717, 1.165) is 5.56 Å². The topological polar surface area (TPSA) is 102 Å². The molecular formula is C23H18N2O5. The molecule has 4 aromatic rings. The summed E-state index contributed by atoms with van der Waals surface area (Å²) in [6.07, 6.45) is 0. The quantitative estimate of drug-likeness (QED) is 0.492. The van der Waals surface area contributed by atoms with E-state index in [1.165, 1.54) is 0 Å². The molecule has 30 heavy (non-hydrogen) atoms. The minimum atomic E-state index is -1.10. The van der Waals surface area contributed by atoms with Crippen LogP contribution in [0.25, 0.3) is 22.6 Å². The Morgan fingerprint density at radius 1 is 1.07 bits per heavy atom. The lowest BCUT2D eigenvalue weighted by molar-refractivity contribution is -0.139. The van der Waals surface area contributed by atoms with Crippen LogP contribution in [0.1, 0.15) is 15.9 Å². The number of hydrogen-bond acceptors (Lipinski definition) is 5. The summed E-state index contributed by atoms with van der Waals surface area (Å²) in [4.78, 5) is 28.0. The van der Waals surface area contributed by atoms with Crippen LogP contribution in [-0.2, 0) is 4.79 Å². The van der Waals surface area contributed by atoms with Crippen molar-refractivity contribution in [3.63, 3.8) is 0 Å². The summed E-state index contributed by atoms with van der Waals surface area (Å²) in [6, 6.07) is 19.4. The van der Waals surface area contributed by atoms with Crippen molar-refractivity contribution in [3.05, 3.63) is 77.9 Å². The van der Waals surface area contributed by atoms with Gasteiger partial charge in [-0.1, -0.05) is 29.8 Å². The maximum Gasteiger partial charge on any atom is 0.341 e. The number of nitrogens with one attached hydrogen (secondary N) is 1. The molecule has 0 saturated carbocycles. The number of rotatable bonds is 6. The number of nitrogens with zero attached hydrogens (tertiary/aromatic N) is 1. The molecular weight excluding hydrogens is 384 g/mol. The molecule has 3 aromatic carbocycles. The maximum atomic E-state index is 12.6. The number of carbonyl (C=O) groups is 2. The first-order valence-corrected chi connectivity index (χ1v) is 9.22. The summed E-state index contributed by atoms with van der Waals surface area (Å²) in [6.45, 7) is 1.40. The van der Waals surface area contributed by atoms with Gasteiger partial charge in [0.05, 0.1) is 5.56 Å². The third-order valence-electron chi connectivity index (χ3n) is 4.39. The van der Waals surface area contributed by atoms with Crippen LogP contribution >= 0.6 is 0 Å². The summed E-state index contributed by atoms with van der Waals surface area (Å²) >= 11 is 0. The Morgan fingerprint density at radius 2 is 1.90 bits per heavy atom. The summed E-state index contributed by atoms with van der Waals surface area (Å²) in [7, 11) is 0. The van der Waals surface area contributed by atoms with E-state index in [4.69, 9.17) is 14.3 Å². The second kappa shape index (κ2) is 8.08. The van der Waals surface area contributed by atoms with Crippen molar-refractivity contribution in [3.8, 4) is 17.2 Å². The van der Waals surface area contributed by atoms with Crippen LogP contribution in [0.5, 0.6) is 5.75 Å². The molecule has 7 nitrogen and oxygen atoms in total. The fourth-order valence-corrected chi connectivity index (χ4v) is 3.02. The van der Waals surface area contributed by atoms with Crippen LogP contribution in [0.2, 0.25) is 0 Å². The van der Waals surface area contributed by atoms with Crippen molar-refractivity contribution in [2.75, 3.05) is 11.9 Å². The number of carboxylic acid groups (broad SMARTS) is 1. The van der Waals surface area contributed by atoms with E-state index in [9.17, 15) is 9.59 Å². The Bertz CT molecular complexity index is 1210. The highest BCUT2D eigenvalue weighted by molar-refractivity contribution is 6.04. The molecule has 0 bridgehead atoms. The Hall–Kier alpha value is -4.13. The minimum Gasteiger partial charge on any atom is -0.481 e. The van der Waals surface area contributed by atoms with Crippen LogP contribution in [-0.4, -0.2) is 28.6 Å². The standard InChI is InChI=1S/C23H18N2O5/c1-14-5-4-6-15(11-14)22(28)24-16-9-10-19(29-13-21(26)27)17(12-16)23-25-18-7-2-3-8-20(18)30-23/h2-12H,13H2,1H3,(H,24,28)(H,26,27). The van der Waals surface area contributed by atoms with E-state index < -0.39 is 12.6 Å². The molecule has 1 aromatic heterocycles.